The largest absolute Gasteiger partial charge is 0.484 e. The number of carbonyl (C=O) groups excluding carboxylic acids is 1. The highest BCUT2D eigenvalue weighted by atomic mass is 16.5. The number of hydrogen-bond acceptors (Lipinski definition) is 2. The standard InChI is InChI=1S/C20H23NO2/c1-14-6-9-19-17(11-14)5-4-10-21(19)20(22)13-23-18-8-7-15(2)16(3)12-18/h6-9,11-12H,4-5,10,13H2,1-3H3. The lowest BCUT2D eigenvalue weighted by Crippen LogP contribution is -2.38. The normalized spacial score (nSPS) is 13.6. The number of carbonyl (C=O) groups is 1. The second-order valence-corrected chi connectivity index (χ2v) is 6.32. The molecule has 2 aromatic carbocycles. The fraction of sp³-hybridized carbons (Fsp3) is 0.350. The maximum atomic E-state index is 12.6. The number of amides is 1. The van der Waals surface area contributed by atoms with E-state index in [2.05, 4.69) is 32.0 Å². The highest BCUT2D eigenvalue weighted by molar-refractivity contribution is 5.95. The molecule has 1 aliphatic heterocycles. The maximum absolute atomic E-state index is 12.6. The van der Waals surface area contributed by atoms with Gasteiger partial charge in [-0.3, -0.25) is 4.79 Å². The number of aryl methyl sites for hydroxylation is 4. The molecule has 0 saturated carbocycles. The quantitative estimate of drug-likeness (QED) is 0.858. The molecule has 0 atom stereocenters. The number of anilines is 1. The first-order chi connectivity index (χ1) is 11.0. The lowest BCUT2D eigenvalue weighted by atomic mass is 9.99. The predicted molar refractivity (Wildman–Crippen MR) is 93.3 cm³/mol. The van der Waals surface area contributed by atoms with Gasteiger partial charge < -0.3 is 9.64 Å². The molecular formula is C20H23NO2. The summed E-state index contributed by atoms with van der Waals surface area (Å²) in [5, 5.41) is 0. The number of rotatable bonds is 3. The van der Waals surface area contributed by atoms with Crippen LogP contribution in [0.1, 0.15) is 28.7 Å². The van der Waals surface area contributed by atoms with Crippen molar-refractivity contribution in [1.82, 2.24) is 0 Å². The van der Waals surface area contributed by atoms with E-state index in [4.69, 9.17) is 4.74 Å². The van der Waals surface area contributed by atoms with Gasteiger partial charge in [0.25, 0.3) is 5.91 Å². The van der Waals surface area contributed by atoms with Crippen LogP contribution < -0.4 is 9.64 Å². The maximum Gasteiger partial charge on any atom is 0.264 e. The number of nitrogens with zero attached hydrogens (tertiary/aromatic N) is 1. The van der Waals surface area contributed by atoms with Gasteiger partial charge in [-0.2, -0.15) is 0 Å². The van der Waals surface area contributed by atoms with E-state index in [1.54, 1.807) is 0 Å². The summed E-state index contributed by atoms with van der Waals surface area (Å²) in [5.74, 6) is 0.774. The lowest BCUT2D eigenvalue weighted by Gasteiger charge is -2.29. The molecule has 0 fully saturated rings. The Morgan fingerprint density at radius 2 is 1.91 bits per heavy atom. The van der Waals surface area contributed by atoms with Crippen LogP contribution in [0.4, 0.5) is 5.69 Å². The molecule has 1 heterocycles. The molecule has 23 heavy (non-hydrogen) atoms. The molecule has 2 aromatic rings. The summed E-state index contributed by atoms with van der Waals surface area (Å²) in [4.78, 5) is 14.4. The predicted octanol–water partition coefficient (Wildman–Crippen LogP) is 3.97. The Kier molecular flexibility index (Phi) is 4.37. The van der Waals surface area contributed by atoms with Crippen LogP contribution in [0, 0.1) is 20.8 Å². The summed E-state index contributed by atoms with van der Waals surface area (Å²) in [6.07, 6.45) is 2.05. The molecule has 0 bridgehead atoms. The minimum Gasteiger partial charge on any atom is -0.484 e. The Morgan fingerprint density at radius 1 is 1.09 bits per heavy atom. The summed E-state index contributed by atoms with van der Waals surface area (Å²) in [6, 6.07) is 12.2. The van der Waals surface area contributed by atoms with E-state index in [1.807, 2.05) is 30.0 Å². The lowest BCUT2D eigenvalue weighted by molar-refractivity contribution is -0.120. The SMILES string of the molecule is Cc1ccc2c(c1)CCCN2C(=O)COc1ccc(C)c(C)c1. The molecule has 1 aliphatic rings. The number of fused-ring (bicyclic) bond motifs is 1. The second-order valence-electron chi connectivity index (χ2n) is 6.32. The Balaban J connectivity index is 1.71. The van der Waals surface area contributed by atoms with Crippen LogP contribution in [-0.4, -0.2) is 19.1 Å². The molecule has 0 unspecified atom stereocenters. The average Bonchev–Trinajstić information content (AvgIpc) is 2.54. The molecule has 3 heteroatoms. The van der Waals surface area contributed by atoms with Crippen molar-refractivity contribution in [2.75, 3.05) is 18.1 Å². The van der Waals surface area contributed by atoms with Crippen molar-refractivity contribution in [3.8, 4) is 5.75 Å². The van der Waals surface area contributed by atoms with Crippen LogP contribution in [0.5, 0.6) is 5.75 Å². The molecule has 0 saturated heterocycles. The van der Waals surface area contributed by atoms with Crippen LogP contribution >= 0.6 is 0 Å². The van der Waals surface area contributed by atoms with Crippen LogP contribution in [0.15, 0.2) is 36.4 Å². The summed E-state index contributed by atoms with van der Waals surface area (Å²) >= 11 is 0. The van der Waals surface area contributed by atoms with E-state index in [0.717, 1.165) is 30.8 Å². The average molecular weight is 309 g/mol. The van der Waals surface area contributed by atoms with Crippen molar-refractivity contribution < 1.29 is 9.53 Å². The van der Waals surface area contributed by atoms with Crippen molar-refractivity contribution in [2.45, 2.75) is 33.6 Å². The molecular weight excluding hydrogens is 286 g/mol. The number of benzene rings is 2. The van der Waals surface area contributed by atoms with Crippen molar-refractivity contribution >= 4 is 11.6 Å². The third kappa shape index (κ3) is 3.39. The van der Waals surface area contributed by atoms with Crippen molar-refractivity contribution in [3.63, 3.8) is 0 Å². The highest BCUT2D eigenvalue weighted by Gasteiger charge is 2.22. The van der Waals surface area contributed by atoms with Gasteiger partial charge in [-0.1, -0.05) is 23.8 Å². The van der Waals surface area contributed by atoms with Gasteiger partial charge in [0, 0.05) is 12.2 Å². The van der Waals surface area contributed by atoms with Gasteiger partial charge in [-0.15, -0.1) is 0 Å². The third-order valence-corrected chi connectivity index (χ3v) is 4.50. The van der Waals surface area contributed by atoms with Gasteiger partial charge in [0.2, 0.25) is 0 Å². The molecule has 0 N–H and O–H groups in total. The second kappa shape index (κ2) is 6.45. The zero-order valence-corrected chi connectivity index (χ0v) is 14.1. The Hall–Kier alpha value is -2.29. The van der Waals surface area contributed by atoms with Gasteiger partial charge in [0.15, 0.2) is 6.61 Å². The minimum absolute atomic E-state index is 0.0213. The molecule has 3 nitrogen and oxygen atoms in total. The van der Waals surface area contributed by atoms with Gasteiger partial charge in [0.1, 0.15) is 5.75 Å². The van der Waals surface area contributed by atoms with Gasteiger partial charge in [-0.05, 0) is 68.5 Å². The Labute approximate surface area is 137 Å². The van der Waals surface area contributed by atoms with E-state index in [0.29, 0.717) is 0 Å². The van der Waals surface area contributed by atoms with Crippen LogP contribution in [0.25, 0.3) is 0 Å². The van der Waals surface area contributed by atoms with E-state index < -0.39 is 0 Å². The molecule has 120 valence electrons. The zero-order valence-electron chi connectivity index (χ0n) is 14.1. The van der Waals surface area contributed by atoms with E-state index in [1.165, 1.54) is 22.3 Å². The fourth-order valence-electron chi connectivity index (χ4n) is 3.01. The zero-order chi connectivity index (χ0) is 16.4. The van der Waals surface area contributed by atoms with Crippen molar-refractivity contribution in [2.24, 2.45) is 0 Å². The molecule has 0 aliphatic carbocycles. The van der Waals surface area contributed by atoms with Crippen LogP contribution in [-0.2, 0) is 11.2 Å². The number of hydrogen-bond donors (Lipinski definition) is 0. The van der Waals surface area contributed by atoms with Gasteiger partial charge in [-0.25, -0.2) is 0 Å². The monoisotopic (exact) mass is 309 g/mol. The van der Waals surface area contributed by atoms with Crippen LogP contribution in [0.3, 0.4) is 0 Å². The van der Waals surface area contributed by atoms with Gasteiger partial charge in [0.05, 0.1) is 0 Å². The van der Waals surface area contributed by atoms with Crippen molar-refractivity contribution in [3.05, 3.63) is 58.7 Å². The molecule has 0 radical (unpaired) electrons. The Bertz CT molecular complexity index is 736. The smallest absolute Gasteiger partial charge is 0.264 e. The highest BCUT2D eigenvalue weighted by Crippen LogP contribution is 2.28. The third-order valence-electron chi connectivity index (χ3n) is 4.50. The van der Waals surface area contributed by atoms with Crippen molar-refractivity contribution in [1.29, 1.82) is 0 Å². The summed E-state index contributed by atoms with van der Waals surface area (Å²) in [5.41, 5.74) is 5.94. The molecule has 3 rings (SSSR count). The summed E-state index contributed by atoms with van der Waals surface area (Å²) in [6.45, 7) is 7.05. The first-order valence-electron chi connectivity index (χ1n) is 8.14. The van der Waals surface area contributed by atoms with Gasteiger partial charge >= 0.3 is 0 Å². The molecule has 0 spiro atoms. The Morgan fingerprint density at radius 3 is 2.70 bits per heavy atom. The van der Waals surface area contributed by atoms with E-state index >= 15 is 0 Å². The van der Waals surface area contributed by atoms with Crippen LogP contribution in [0.2, 0.25) is 0 Å². The first kappa shape index (κ1) is 15.6. The molecule has 0 aromatic heterocycles. The summed E-state index contributed by atoms with van der Waals surface area (Å²) in [7, 11) is 0. The molecule has 1 amide bonds. The summed E-state index contributed by atoms with van der Waals surface area (Å²) < 4.78 is 5.70. The fourth-order valence-corrected chi connectivity index (χ4v) is 3.01. The first-order valence-corrected chi connectivity index (χ1v) is 8.14. The van der Waals surface area contributed by atoms with E-state index in [-0.39, 0.29) is 12.5 Å². The topological polar surface area (TPSA) is 29.5 Å². The number of ether oxygens (including phenoxy) is 1. The van der Waals surface area contributed by atoms with E-state index in [9.17, 15) is 4.79 Å². The minimum atomic E-state index is 0.0213.